The monoisotopic (exact) mass is 484 g/mol. The summed E-state index contributed by atoms with van der Waals surface area (Å²) in [7, 11) is 0. The summed E-state index contributed by atoms with van der Waals surface area (Å²) in [6.45, 7) is 4.76. The van der Waals surface area contributed by atoms with Gasteiger partial charge in [0.1, 0.15) is 11.2 Å². The molecule has 0 fully saturated rings. The van der Waals surface area contributed by atoms with Crippen LogP contribution < -0.4 is 0 Å². The molecule has 0 saturated carbocycles. The maximum Gasteiger partial charge on any atom is 0.136 e. The lowest BCUT2D eigenvalue weighted by Crippen LogP contribution is -2.16. The van der Waals surface area contributed by atoms with Gasteiger partial charge in [0, 0.05) is 16.2 Å². The number of hydrogen-bond donors (Lipinski definition) is 0. The van der Waals surface area contributed by atoms with Crippen molar-refractivity contribution in [2.45, 2.75) is 19.3 Å². The van der Waals surface area contributed by atoms with Crippen molar-refractivity contribution in [2.75, 3.05) is 0 Å². The highest BCUT2D eigenvalue weighted by atomic mass is 16.3. The number of fused-ring (bicyclic) bond motifs is 7. The first-order valence-corrected chi connectivity index (χ1v) is 13.4. The van der Waals surface area contributed by atoms with Gasteiger partial charge >= 0.3 is 0 Å². The second-order valence-corrected chi connectivity index (χ2v) is 11.3. The first kappa shape index (κ1) is 20.4. The Bertz CT molecular complexity index is 2240. The highest BCUT2D eigenvalue weighted by molar-refractivity contribution is 6.26. The van der Waals surface area contributed by atoms with E-state index in [0.29, 0.717) is 0 Å². The summed E-state index contributed by atoms with van der Waals surface area (Å²) < 4.78 is 6.30. The molecule has 7 aromatic carbocycles. The second kappa shape index (κ2) is 6.82. The Labute approximate surface area is 220 Å². The maximum atomic E-state index is 6.30. The smallest absolute Gasteiger partial charge is 0.136 e. The fourth-order valence-electron chi connectivity index (χ4n) is 7.38. The lowest BCUT2D eigenvalue weighted by Gasteiger charge is -2.25. The fraction of sp³-hybridized carbons (Fsp3) is 0.0811. The molecular formula is C37H24O. The van der Waals surface area contributed by atoms with E-state index in [1.54, 1.807) is 0 Å². The molecule has 0 amide bonds. The van der Waals surface area contributed by atoms with Crippen LogP contribution in [-0.4, -0.2) is 0 Å². The molecule has 0 spiro atoms. The molecule has 0 radical (unpaired) electrons. The molecule has 38 heavy (non-hydrogen) atoms. The first-order chi connectivity index (χ1) is 18.6. The molecule has 8 aromatic rings. The predicted molar refractivity (Wildman–Crippen MR) is 160 cm³/mol. The predicted octanol–water partition coefficient (Wildman–Crippen LogP) is 10.5. The van der Waals surface area contributed by atoms with Crippen molar-refractivity contribution in [1.82, 2.24) is 0 Å². The normalized spacial score (nSPS) is 14.3. The van der Waals surface area contributed by atoms with Crippen molar-refractivity contribution in [3.63, 3.8) is 0 Å². The van der Waals surface area contributed by atoms with Crippen LogP contribution in [0.4, 0.5) is 0 Å². The third-order valence-electron chi connectivity index (χ3n) is 8.99. The largest absolute Gasteiger partial charge is 0.456 e. The van der Waals surface area contributed by atoms with Crippen LogP contribution in [0.5, 0.6) is 0 Å². The van der Waals surface area contributed by atoms with Gasteiger partial charge in [0.05, 0.1) is 0 Å². The summed E-state index contributed by atoms with van der Waals surface area (Å²) in [6.07, 6.45) is 0. The molecule has 0 N–H and O–H groups in total. The molecule has 1 aromatic heterocycles. The van der Waals surface area contributed by atoms with Gasteiger partial charge in [-0.15, -0.1) is 0 Å². The van der Waals surface area contributed by atoms with Gasteiger partial charge < -0.3 is 4.42 Å². The van der Waals surface area contributed by atoms with E-state index >= 15 is 0 Å². The van der Waals surface area contributed by atoms with Gasteiger partial charge in [-0.1, -0.05) is 111 Å². The Morgan fingerprint density at radius 2 is 1.18 bits per heavy atom. The number of hydrogen-bond acceptors (Lipinski definition) is 1. The van der Waals surface area contributed by atoms with E-state index in [0.717, 1.165) is 11.2 Å². The van der Waals surface area contributed by atoms with E-state index in [1.807, 2.05) is 0 Å². The van der Waals surface area contributed by atoms with E-state index in [9.17, 15) is 0 Å². The zero-order valence-electron chi connectivity index (χ0n) is 21.3. The molecule has 1 aliphatic carbocycles. The lowest BCUT2D eigenvalue weighted by atomic mass is 9.78. The number of furan rings is 1. The summed E-state index contributed by atoms with van der Waals surface area (Å²) >= 11 is 0. The minimum absolute atomic E-state index is 0.141. The highest BCUT2D eigenvalue weighted by Gasteiger charge is 2.39. The summed E-state index contributed by atoms with van der Waals surface area (Å²) in [6, 6.07) is 40.1. The molecule has 9 rings (SSSR count). The summed E-state index contributed by atoms with van der Waals surface area (Å²) in [5, 5.41) is 10.4. The molecule has 0 aliphatic heterocycles. The minimum Gasteiger partial charge on any atom is -0.456 e. The Kier molecular flexibility index (Phi) is 3.67. The van der Waals surface area contributed by atoms with Crippen LogP contribution in [0, 0.1) is 0 Å². The Hall–Kier alpha value is -4.62. The molecule has 178 valence electrons. The number of para-hydroxylation sites is 1. The van der Waals surface area contributed by atoms with Gasteiger partial charge in [-0.25, -0.2) is 0 Å². The van der Waals surface area contributed by atoms with Crippen LogP contribution in [0.2, 0.25) is 0 Å². The Balaban J connectivity index is 1.41. The van der Waals surface area contributed by atoms with Crippen LogP contribution in [0.25, 0.3) is 76.5 Å². The molecule has 1 heteroatoms. The minimum atomic E-state index is -0.141. The fourth-order valence-corrected chi connectivity index (χ4v) is 7.38. The summed E-state index contributed by atoms with van der Waals surface area (Å²) in [5.41, 5.74) is 9.82. The SMILES string of the molecule is CC1(C)c2ccc3oc4ccccc4c3c2-c2cccc(-c3ccc4ccc5cccc6ccc3c4c56)c21. The van der Waals surface area contributed by atoms with E-state index in [-0.39, 0.29) is 5.41 Å². The van der Waals surface area contributed by atoms with Crippen LogP contribution in [0.15, 0.2) is 114 Å². The average Bonchev–Trinajstić information content (AvgIpc) is 3.44. The van der Waals surface area contributed by atoms with Gasteiger partial charge in [-0.2, -0.15) is 0 Å². The van der Waals surface area contributed by atoms with Crippen LogP contribution in [-0.2, 0) is 5.41 Å². The third-order valence-corrected chi connectivity index (χ3v) is 8.99. The second-order valence-electron chi connectivity index (χ2n) is 11.3. The molecule has 1 nitrogen and oxygen atoms in total. The standard InChI is InChI=1S/C37H24O/c1-37(2)29-19-20-31-35(27-9-3-4-12-30(27)38-31)34(29)28-11-6-10-26(36(28)37)24-17-15-23-14-13-21-7-5-8-22-16-18-25(24)33(23)32(21)22/h3-20H,1-2H3. The van der Waals surface area contributed by atoms with E-state index in [1.165, 1.54) is 76.5 Å². The van der Waals surface area contributed by atoms with Crippen molar-refractivity contribution in [3.8, 4) is 22.3 Å². The van der Waals surface area contributed by atoms with Gasteiger partial charge in [-0.05, 0) is 77.8 Å². The molecule has 1 aliphatic rings. The summed E-state index contributed by atoms with van der Waals surface area (Å²) in [4.78, 5) is 0. The topological polar surface area (TPSA) is 13.1 Å². The van der Waals surface area contributed by atoms with Crippen LogP contribution in [0.3, 0.4) is 0 Å². The first-order valence-electron chi connectivity index (χ1n) is 13.4. The number of rotatable bonds is 1. The number of benzene rings is 7. The van der Waals surface area contributed by atoms with Gasteiger partial charge in [-0.3, -0.25) is 0 Å². The summed E-state index contributed by atoms with van der Waals surface area (Å²) in [5.74, 6) is 0. The molecule has 1 heterocycles. The van der Waals surface area contributed by atoms with Crippen molar-refractivity contribution in [1.29, 1.82) is 0 Å². The van der Waals surface area contributed by atoms with Crippen LogP contribution in [0.1, 0.15) is 25.0 Å². The molecule has 0 unspecified atom stereocenters. The van der Waals surface area contributed by atoms with Gasteiger partial charge in [0.15, 0.2) is 0 Å². The Morgan fingerprint density at radius 1 is 0.474 bits per heavy atom. The highest BCUT2D eigenvalue weighted by Crippen LogP contribution is 2.56. The molecular weight excluding hydrogens is 460 g/mol. The third kappa shape index (κ3) is 2.38. The zero-order valence-corrected chi connectivity index (χ0v) is 21.3. The van der Waals surface area contributed by atoms with Crippen LogP contribution >= 0.6 is 0 Å². The van der Waals surface area contributed by atoms with Crippen molar-refractivity contribution >= 4 is 54.3 Å². The van der Waals surface area contributed by atoms with Crippen molar-refractivity contribution in [3.05, 3.63) is 120 Å². The molecule has 0 saturated heterocycles. The quantitative estimate of drug-likeness (QED) is 0.211. The van der Waals surface area contributed by atoms with Crippen molar-refractivity contribution < 1.29 is 4.42 Å². The average molecular weight is 485 g/mol. The molecule has 0 bridgehead atoms. The van der Waals surface area contributed by atoms with Gasteiger partial charge in [0.25, 0.3) is 0 Å². The van der Waals surface area contributed by atoms with E-state index in [2.05, 4.69) is 123 Å². The van der Waals surface area contributed by atoms with E-state index < -0.39 is 0 Å². The van der Waals surface area contributed by atoms with Gasteiger partial charge in [0.2, 0.25) is 0 Å². The van der Waals surface area contributed by atoms with E-state index in [4.69, 9.17) is 4.42 Å². The maximum absolute atomic E-state index is 6.30. The lowest BCUT2D eigenvalue weighted by molar-refractivity contribution is 0.658. The zero-order chi connectivity index (χ0) is 25.2. The Morgan fingerprint density at radius 3 is 2.05 bits per heavy atom. The van der Waals surface area contributed by atoms with Crippen molar-refractivity contribution in [2.24, 2.45) is 0 Å². The molecule has 0 atom stereocenters.